The van der Waals surface area contributed by atoms with Crippen molar-refractivity contribution in [1.82, 2.24) is 9.97 Å². The maximum Gasteiger partial charge on any atom is 0.0636 e. The van der Waals surface area contributed by atoms with E-state index in [0.29, 0.717) is 0 Å². The zero-order valence-corrected chi connectivity index (χ0v) is 18.8. The van der Waals surface area contributed by atoms with Gasteiger partial charge < -0.3 is 0 Å². The van der Waals surface area contributed by atoms with Gasteiger partial charge in [0.05, 0.1) is 11.4 Å². The Labute approximate surface area is 200 Å². The highest BCUT2D eigenvalue weighted by Gasteiger charge is 2.01. The summed E-state index contributed by atoms with van der Waals surface area (Å²) >= 11 is 0. The molecule has 0 saturated carbocycles. The van der Waals surface area contributed by atoms with E-state index in [9.17, 15) is 0 Å². The van der Waals surface area contributed by atoms with Gasteiger partial charge in [0.15, 0.2) is 0 Å². The quantitative estimate of drug-likeness (QED) is 0.268. The Bertz CT molecular complexity index is 1320. The van der Waals surface area contributed by atoms with E-state index >= 15 is 0 Å². The van der Waals surface area contributed by atoms with Crippen LogP contribution in [0.15, 0.2) is 122 Å². The molecule has 2 aromatic heterocycles. The van der Waals surface area contributed by atoms with Gasteiger partial charge >= 0.3 is 0 Å². The molecule has 0 amide bonds. The molecular weight excluding hydrogens is 412 g/mol. The summed E-state index contributed by atoms with van der Waals surface area (Å²) in [6.07, 6.45) is 12.1. The second-order valence-electron chi connectivity index (χ2n) is 7.97. The van der Waals surface area contributed by atoms with E-state index in [1.165, 1.54) is 11.1 Å². The van der Waals surface area contributed by atoms with E-state index < -0.39 is 0 Å². The first-order valence-electron chi connectivity index (χ1n) is 11.3. The zero-order chi connectivity index (χ0) is 23.0. The SMILES string of the molecule is C(=Cc1ccccc1C=Cc1cc(-c2ccccc2)ccn1)c1cc(-c2ccccc2)ccn1. The molecule has 0 radical (unpaired) electrons. The highest BCUT2D eigenvalue weighted by molar-refractivity contribution is 5.80. The van der Waals surface area contributed by atoms with Crippen molar-refractivity contribution in [2.75, 3.05) is 0 Å². The highest BCUT2D eigenvalue weighted by Crippen LogP contribution is 2.22. The third-order valence-electron chi connectivity index (χ3n) is 5.64. The van der Waals surface area contributed by atoms with Crippen LogP contribution in [0.3, 0.4) is 0 Å². The van der Waals surface area contributed by atoms with Gasteiger partial charge in [-0.05, 0) is 69.8 Å². The topological polar surface area (TPSA) is 25.8 Å². The van der Waals surface area contributed by atoms with Gasteiger partial charge in [-0.15, -0.1) is 0 Å². The van der Waals surface area contributed by atoms with Gasteiger partial charge in [-0.25, -0.2) is 0 Å². The predicted molar refractivity (Wildman–Crippen MR) is 144 cm³/mol. The van der Waals surface area contributed by atoms with Gasteiger partial charge in [0, 0.05) is 12.4 Å². The molecule has 34 heavy (non-hydrogen) atoms. The summed E-state index contributed by atoms with van der Waals surface area (Å²) < 4.78 is 0. The van der Waals surface area contributed by atoms with E-state index in [-0.39, 0.29) is 0 Å². The first-order chi connectivity index (χ1) is 16.8. The predicted octanol–water partition coefficient (Wildman–Crippen LogP) is 8.15. The van der Waals surface area contributed by atoms with Crippen LogP contribution in [-0.2, 0) is 0 Å². The molecule has 2 heteroatoms. The molecule has 5 rings (SSSR count). The minimum atomic E-state index is 0.928. The Morgan fingerprint density at radius 3 is 1.24 bits per heavy atom. The number of aromatic nitrogens is 2. The number of benzene rings is 3. The first-order valence-corrected chi connectivity index (χ1v) is 11.3. The molecule has 0 aliphatic rings. The van der Waals surface area contributed by atoms with Crippen molar-refractivity contribution >= 4 is 24.3 Å². The van der Waals surface area contributed by atoms with Crippen molar-refractivity contribution < 1.29 is 0 Å². The van der Waals surface area contributed by atoms with Crippen molar-refractivity contribution in [1.29, 1.82) is 0 Å². The Kier molecular flexibility index (Phi) is 6.50. The molecule has 0 aliphatic carbocycles. The molecule has 2 nitrogen and oxygen atoms in total. The van der Waals surface area contributed by atoms with E-state index in [1.807, 2.05) is 36.7 Å². The average Bonchev–Trinajstić information content (AvgIpc) is 2.92. The summed E-state index contributed by atoms with van der Waals surface area (Å²) in [5.41, 5.74) is 8.81. The van der Waals surface area contributed by atoms with E-state index in [0.717, 1.165) is 33.6 Å². The third-order valence-corrected chi connectivity index (χ3v) is 5.64. The zero-order valence-electron chi connectivity index (χ0n) is 18.8. The van der Waals surface area contributed by atoms with Crippen LogP contribution < -0.4 is 0 Å². The summed E-state index contributed by atoms with van der Waals surface area (Å²) in [6.45, 7) is 0. The lowest BCUT2D eigenvalue weighted by Gasteiger charge is -2.04. The number of nitrogens with zero attached hydrogens (tertiary/aromatic N) is 2. The van der Waals surface area contributed by atoms with Crippen LogP contribution in [0.1, 0.15) is 22.5 Å². The third kappa shape index (κ3) is 5.25. The Morgan fingerprint density at radius 1 is 0.382 bits per heavy atom. The number of hydrogen-bond acceptors (Lipinski definition) is 2. The van der Waals surface area contributed by atoms with Gasteiger partial charge in [-0.1, -0.05) is 97.1 Å². The molecule has 0 saturated heterocycles. The van der Waals surface area contributed by atoms with Gasteiger partial charge in [-0.2, -0.15) is 0 Å². The summed E-state index contributed by atoms with van der Waals surface area (Å²) in [5, 5.41) is 0. The molecule has 0 atom stereocenters. The fourth-order valence-electron chi connectivity index (χ4n) is 3.86. The minimum absolute atomic E-state index is 0.928. The van der Waals surface area contributed by atoms with E-state index in [1.54, 1.807) is 0 Å². The number of pyridine rings is 2. The minimum Gasteiger partial charge on any atom is -0.257 e. The van der Waals surface area contributed by atoms with Crippen LogP contribution in [0.2, 0.25) is 0 Å². The van der Waals surface area contributed by atoms with Crippen LogP contribution >= 0.6 is 0 Å². The Hall–Kier alpha value is -4.56. The fraction of sp³-hybridized carbons (Fsp3) is 0. The normalized spacial score (nSPS) is 11.3. The molecule has 0 aliphatic heterocycles. The summed E-state index contributed by atoms with van der Waals surface area (Å²) in [7, 11) is 0. The molecule has 3 aromatic carbocycles. The van der Waals surface area contributed by atoms with Gasteiger partial charge in [0.1, 0.15) is 0 Å². The lowest BCUT2D eigenvalue weighted by Crippen LogP contribution is -1.85. The van der Waals surface area contributed by atoms with Gasteiger partial charge in [0.25, 0.3) is 0 Å². The lowest BCUT2D eigenvalue weighted by molar-refractivity contribution is 1.30. The second-order valence-corrected chi connectivity index (χ2v) is 7.97. The van der Waals surface area contributed by atoms with Crippen LogP contribution in [-0.4, -0.2) is 9.97 Å². The molecule has 5 aromatic rings. The number of hydrogen-bond donors (Lipinski definition) is 0. The van der Waals surface area contributed by atoms with Crippen molar-refractivity contribution in [2.24, 2.45) is 0 Å². The standard InChI is InChI=1S/C32H24N2/c1-3-9-25(10-4-1)29-19-21-33-31(23-29)17-15-27-13-7-8-14-28(27)16-18-32-24-30(20-22-34-32)26-11-5-2-6-12-26/h1-24H. The maximum absolute atomic E-state index is 4.53. The fourth-order valence-corrected chi connectivity index (χ4v) is 3.86. The molecule has 0 N–H and O–H groups in total. The second kappa shape index (κ2) is 10.4. The maximum atomic E-state index is 4.53. The van der Waals surface area contributed by atoms with Gasteiger partial charge in [0.2, 0.25) is 0 Å². The first kappa shape index (κ1) is 21.3. The molecular formula is C32H24N2. The summed E-state index contributed by atoms with van der Waals surface area (Å²) in [4.78, 5) is 9.05. The van der Waals surface area contributed by atoms with Crippen molar-refractivity contribution in [3.8, 4) is 22.3 Å². The van der Waals surface area contributed by atoms with Crippen LogP contribution in [0.25, 0.3) is 46.6 Å². The Morgan fingerprint density at radius 2 is 0.794 bits per heavy atom. The van der Waals surface area contributed by atoms with Crippen LogP contribution in [0, 0.1) is 0 Å². The lowest BCUT2D eigenvalue weighted by atomic mass is 10.0. The molecule has 2 heterocycles. The summed E-state index contributed by atoms with van der Waals surface area (Å²) in [6, 6.07) is 37.4. The smallest absolute Gasteiger partial charge is 0.0636 e. The monoisotopic (exact) mass is 436 g/mol. The van der Waals surface area contributed by atoms with Gasteiger partial charge in [-0.3, -0.25) is 9.97 Å². The average molecular weight is 437 g/mol. The van der Waals surface area contributed by atoms with E-state index in [2.05, 4.69) is 119 Å². The van der Waals surface area contributed by atoms with Crippen molar-refractivity contribution in [3.63, 3.8) is 0 Å². The van der Waals surface area contributed by atoms with Crippen LogP contribution in [0.5, 0.6) is 0 Å². The number of rotatable bonds is 6. The molecule has 0 bridgehead atoms. The molecule has 0 unspecified atom stereocenters. The Balaban J connectivity index is 1.38. The van der Waals surface area contributed by atoms with Crippen molar-refractivity contribution in [3.05, 3.63) is 144 Å². The molecule has 162 valence electrons. The molecule has 0 fully saturated rings. The highest BCUT2D eigenvalue weighted by atomic mass is 14.7. The summed E-state index contributed by atoms with van der Waals surface area (Å²) in [5.74, 6) is 0. The van der Waals surface area contributed by atoms with Crippen LogP contribution in [0.4, 0.5) is 0 Å². The largest absolute Gasteiger partial charge is 0.257 e. The molecule has 0 spiro atoms. The van der Waals surface area contributed by atoms with E-state index in [4.69, 9.17) is 0 Å². The van der Waals surface area contributed by atoms with Crippen molar-refractivity contribution in [2.45, 2.75) is 0 Å².